The van der Waals surface area contributed by atoms with E-state index in [1.165, 1.54) is 18.1 Å². The predicted molar refractivity (Wildman–Crippen MR) is 320 cm³/mol. The lowest BCUT2D eigenvalue weighted by molar-refractivity contribution is 0.00140. The molecule has 3 saturated carbocycles. The Balaban J connectivity index is 0.000000168. The molecule has 10 rings (SSSR count). The van der Waals surface area contributed by atoms with Gasteiger partial charge in [0.15, 0.2) is 5.75 Å². The van der Waals surface area contributed by atoms with Crippen molar-refractivity contribution in [3.63, 3.8) is 0 Å². The average Bonchev–Trinajstić information content (AvgIpc) is 2.45. The Morgan fingerprint density at radius 2 is 1.15 bits per heavy atom. The first kappa shape index (κ1) is 63.8. The fraction of sp³-hybridized carbons (Fsp3) is 0.550. The van der Waals surface area contributed by atoms with E-state index in [4.69, 9.17) is 48.4 Å². The van der Waals surface area contributed by atoms with Crippen LogP contribution < -0.4 is 39.8 Å². The normalized spacial score (nSPS) is 22.5. The number of nitrogens with one attached hydrogen (secondary N) is 3. The highest BCUT2D eigenvalue weighted by molar-refractivity contribution is 6.31. The van der Waals surface area contributed by atoms with E-state index in [0.717, 1.165) is 44.8 Å². The predicted octanol–water partition coefficient (Wildman–Crippen LogP) is 12.6. The van der Waals surface area contributed by atoms with E-state index in [9.17, 15) is 18.4 Å². The van der Waals surface area contributed by atoms with E-state index < -0.39 is 28.3 Å². The summed E-state index contributed by atoms with van der Waals surface area (Å²) in [6.45, 7) is 34.7. The standard InChI is InChI=1S/C23H31FN4O3.C19H22FN7O.C18H22ClFN6O/c1-23(24)9-7-17(8-10-23)16-31-21-20(29-2)15-25-22(27-21)26-18-3-5-19(6-4-18)28-11-13-30-14-12-28;1-12-15(10-27(26-12)18(2,3)22-5)24-17-23-9-14(8-21)16(25-17)28-11-13-6-19(4,20)7-13;1-11-14(9-26(25-11)17(2,3)21-5)23-16-22-8-13(19)15(24-16)27-10-12-6-18(4,20)7-12/h3-6,15,17H,7-14,16H2,1-2H3,(H,25,26,27);9-10,13H,6-7,11H2,1-4H3,(H,23,24,25);8-9,12H,6-7,10H2,1-4H3,(H,22,23,24). The van der Waals surface area contributed by atoms with Crippen LogP contribution in [0.1, 0.15) is 117 Å². The van der Waals surface area contributed by atoms with Crippen LogP contribution >= 0.6 is 11.6 Å². The summed E-state index contributed by atoms with van der Waals surface area (Å²) in [5.74, 6) is 2.92. The van der Waals surface area contributed by atoms with Crippen LogP contribution in [0.3, 0.4) is 0 Å². The van der Waals surface area contributed by atoms with Crippen molar-refractivity contribution in [3.8, 4) is 29.5 Å². The number of benzene rings is 1. The number of nitrogens with zero attached hydrogens (tertiary/aromatic N) is 14. The average molecular weight is 1210 g/mol. The molecule has 0 radical (unpaired) electrons. The van der Waals surface area contributed by atoms with Crippen molar-refractivity contribution in [3.05, 3.63) is 100 Å². The second-order valence-corrected chi connectivity index (χ2v) is 24.4. The van der Waals surface area contributed by atoms with Crippen molar-refractivity contribution in [1.82, 2.24) is 49.5 Å². The molecule has 22 nitrogen and oxygen atoms in total. The fourth-order valence-electron chi connectivity index (χ4n) is 10.1. The molecule has 1 aromatic carbocycles. The van der Waals surface area contributed by atoms with Gasteiger partial charge in [-0.3, -0.25) is 9.69 Å². The van der Waals surface area contributed by atoms with Crippen molar-refractivity contribution in [2.75, 3.05) is 74.1 Å². The van der Waals surface area contributed by atoms with Crippen LogP contribution in [0.5, 0.6) is 23.4 Å². The summed E-state index contributed by atoms with van der Waals surface area (Å²) in [7, 11) is 1.57. The number of ether oxygens (including phenoxy) is 5. The summed E-state index contributed by atoms with van der Waals surface area (Å²) in [6.07, 6.45) is 12.5. The number of anilines is 7. The van der Waals surface area contributed by atoms with Crippen LogP contribution in [-0.2, 0) is 16.1 Å². The molecule has 3 aliphatic carbocycles. The number of morpholine rings is 1. The molecule has 1 saturated heterocycles. The molecular weight excluding hydrogens is 1130 g/mol. The van der Waals surface area contributed by atoms with E-state index in [0.29, 0.717) is 116 Å². The minimum absolute atomic E-state index is 0.115. The summed E-state index contributed by atoms with van der Waals surface area (Å²) >= 11 is 6.11. The molecular formula is C60H75ClF3N17O5. The Bertz CT molecular complexity index is 3400. The molecule has 0 bridgehead atoms. The minimum Gasteiger partial charge on any atom is -0.490 e. The van der Waals surface area contributed by atoms with Gasteiger partial charge in [-0.05, 0) is 128 Å². The van der Waals surface area contributed by atoms with Gasteiger partial charge in [0.25, 0.3) is 5.88 Å². The lowest BCUT2D eigenvalue weighted by Gasteiger charge is -2.38. The first-order valence-corrected chi connectivity index (χ1v) is 28.9. The zero-order chi connectivity index (χ0) is 62.0. The molecule has 5 aromatic heterocycles. The third-order valence-corrected chi connectivity index (χ3v) is 15.6. The van der Waals surface area contributed by atoms with Gasteiger partial charge in [0.2, 0.25) is 29.6 Å². The first-order chi connectivity index (χ1) is 40.7. The van der Waals surface area contributed by atoms with Crippen LogP contribution in [0.15, 0.2) is 55.2 Å². The SMILES string of the molecule is COc1cnc(Nc2ccc(N3CCOCC3)cc2)nc1OCC1CCC(C)(F)CC1.[C-]#[N+]C(C)(C)n1cc(Nc2ncc(C#N)c(OCC3CC(C)(F)C3)n2)c(C)n1.[C-]#[N+]C(C)(C)n1cc(Nc2ncc(Cl)c(OCC3CC(C)(F)C3)n2)c(C)n1. The highest BCUT2D eigenvalue weighted by atomic mass is 35.5. The highest BCUT2D eigenvalue weighted by Crippen LogP contribution is 2.43. The Morgan fingerprint density at radius 3 is 1.66 bits per heavy atom. The fourth-order valence-corrected chi connectivity index (χ4v) is 10.3. The lowest BCUT2D eigenvalue weighted by Crippen LogP contribution is -2.39. The Morgan fingerprint density at radius 1 is 0.686 bits per heavy atom. The molecule has 26 heteroatoms. The quantitative estimate of drug-likeness (QED) is 0.0640. The van der Waals surface area contributed by atoms with Crippen LogP contribution in [0.2, 0.25) is 5.02 Å². The number of hydrogen-bond acceptors (Lipinski definition) is 18. The molecule has 6 heterocycles. The van der Waals surface area contributed by atoms with Gasteiger partial charge in [-0.1, -0.05) is 11.6 Å². The van der Waals surface area contributed by atoms with Gasteiger partial charge in [0, 0.05) is 52.2 Å². The van der Waals surface area contributed by atoms with Crippen LogP contribution in [0.25, 0.3) is 9.69 Å². The third kappa shape index (κ3) is 17.0. The molecule has 0 spiro atoms. The van der Waals surface area contributed by atoms with Crippen LogP contribution in [0.4, 0.5) is 53.8 Å². The van der Waals surface area contributed by atoms with Gasteiger partial charge in [0.1, 0.15) is 33.7 Å². The molecule has 0 unspecified atom stereocenters. The molecule has 4 fully saturated rings. The van der Waals surface area contributed by atoms with E-state index in [1.54, 1.807) is 83.5 Å². The van der Waals surface area contributed by atoms with Gasteiger partial charge >= 0.3 is 11.3 Å². The van der Waals surface area contributed by atoms with E-state index in [1.807, 2.05) is 32.0 Å². The number of aryl methyl sites for hydroxylation is 2. The third-order valence-electron chi connectivity index (χ3n) is 15.4. The Kier molecular flexibility index (Phi) is 20.0. The van der Waals surface area contributed by atoms with Crippen molar-refractivity contribution in [2.45, 2.75) is 142 Å². The Labute approximate surface area is 505 Å². The van der Waals surface area contributed by atoms with Crippen LogP contribution in [-0.4, -0.2) is 120 Å². The monoisotopic (exact) mass is 1210 g/mol. The van der Waals surface area contributed by atoms with Gasteiger partial charge in [0.05, 0.1) is 93.9 Å². The number of halogens is 4. The van der Waals surface area contributed by atoms with E-state index >= 15 is 0 Å². The number of rotatable bonds is 19. The second kappa shape index (κ2) is 27.0. The van der Waals surface area contributed by atoms with Gasteiger partial charge in [-0.25, -0.2) is 41.3 Å². The lowest BCUT2D eigenvalue weighted by atomic mass is 9.74. The summed E-state index contributed by atoms with van der Waals surface area (Å²) in [4.78, 5) is 35.1. The van der Waals surface area contributed by atoms with Crippen molar-refractivity contribution in [1.29, 1.82) is 5.26 Å². The van der Waals surface area contributed by atoms with Crippen LogP contribution in [0, 0.1) is 56.1 Å². The maximum atomic E-state index is 14.0. The molecule has 0 amide bonds. The van der Waals surface area contributed by atoms with Gasteiger partial charge in [-0.2, -0.15) is 39.8 Å². The van der Waals surface area contributed by atoms with E-state index in [-0.39, 0.29) is 35.1 Å². The highest BCUT2D eigenvalue weighted by Gasteiger charge is 2.42. The summed E-state index contributed by atoms with van der Waals surface area (Å²) in [5.41, 5.74) is 0.166. The molecule has 1 aliphatic heterocycles. The molecule has 86 heavy (non-hydrogen) atoms. The van der Waals surface area contributed by atoms with E-state index in [2.05, 4.69) is 82.8 Å². The minimum atomic E-state index is -1.12. The molecule has 4 aliphatic rings. The van der Waals surface area contributed by atoms with Crippen molar-refractivity contribution < 1.29 is 36.9 Å². The first-order valence-electron chi connectivity index (χ1n) is 28.6. The number of nitriles is 1. The number of hydrogen-bond donors (Lipinski definition) is 3. The number of methoxy groups -OCH3 is 1. The molecule has 3 N–H and O–H groups in total. The maximum Gasteiger partial charge on any atom is 0.319 e. The molecule has 0 atom stereocenters. The largest absolute Gasteiger partial charge is 0.490 e. The number of aromatic nitrogens is 10. The molecule has 458 valence electrons. The van der Waals surface area contributed by atoms with Gasteiger partial charge < -0.3 is 44.5 Å². The smallest absolute Gasteiger partial charge is 0.319 e. The van der Waals surface area contributed by atoms with Gasteiger partial charge in [-0.15, -0.1) is 0 Å². The second-order valence-electron chi connectivity index (χ2n) is 24.0. The topological polar surface area (TPSA) is 231 Å². The Hall–Kier alpha value is -8.21. The van der Waals surface area contributed by atoms with Crippen molar-refractivity contribution in [2.24, 2.45) is 17.8 Å². The zero-order valence-electron chi connectivity index (χ0n) is 50.3. The summed E-state index contributed by atoms with van der Waals surface area (Å²) < 4.78 is 72.4. The maximum absolute atomic E-state index is 14.0. The summed E-state index contributed by atoms with van der Waals surface area (Å²) in [5, 5.41) is 27.6. The zero-order valence-corrected chi connectivity index (χ0v) is 51.1. The molecule has 6 aromatic rings. The summed E-state index contributed by atoms with van der Waals surface area (Å²) in [6, 6.07) is 10.2. The van der Waals surface area contributed by atoms with Crippen molar-refractivity contribution >= 4 is 52.2 Å². The number of alkyl halides is 3.